The minimum absolute atomic E-state index is 0.147. The number of para-hydroxylation sites is 1. The molecule has 0 saturated carbocycles. The first kappa shape index (κ1) is 15.1. The fraction of sp³-hybridized carbons (Fsp3) is 0.556. The minimum atomic E-state index is 0.147. The highest BCUT2D eigenvalue weighted by molar-refractivity contribution is 5.57. The molecule has 1 N–H and O–H groups in total. The smallest absolute Gasteiger partial charge is 0.0404 e. The highest BCUT2D eigenvalue weighted by atomic mass is 15.2. The van der Waals surface area contributed by atoms with Gasteiger partial charge in [-0.1, -0.05) is 24.8 Å². The molecule has 0 saturated heterocycles. The SMILES string of the molecule is C=C(CNC(C)(C)C)CN1c2ccccc2CCC1C. The molecule has 0 amide bonds. The average molecular weight is 272 g/mol. The van der Waals surface area contributed by atoms with Crippen LogP contribution in [0.4, 0.5) is 5.69 Å². The van der Waals surface area contributed by atoms with Gasteiger partial charge < -0.3 is 10.2 Å². The van der Waals surface area contributed by atoms with Crippen LogP contribution in [-0.2, 0) is 6.42 Å². The minimum Gasteiger partial charge on any atom is -0.365 e. The van der Waals surface area contributed by atoms with Gasteiger partial charge in [0.05, 0.1) is 0 Å². The number of nitrogens with one attached hydrogen (secondary N) is 1. The van der Waals surface area contributed by atoms with Crippen molar-refractivity contribution in [2.75, 3.05) is 18.0 Å². The molecule has 0 fully saturated rings. The van der Waals surface area contributed by atoms with Gasteiger partial charge in [-0.2, -0.15) is 0 Å². The molecule has 1 aromatic rings. The van der Waals surface area contributed by atoms with Crippen LogP contribution >= 0.6 is 0 Å². The van der Waals surface area contributed by atoms with E-state index >= 15 is 0 Å². The average Bonchev–Trinajstić information content (AvgIpc) is 2.39. The van der Waals surface area contributed by atoms with Crippen LogP contribution in [-0.4, -0.2) is 24.7 Å². The van der Waals surface area contributed by atoms with Crippen molar-refractivity contribution in [2.24, 2.45) is 0 Å². The quantitative estimate of drug-likeness (QED) is 0.839. The first-order valence-corrected chi connectivity index (χ1v) is 7.63. The molecule has 1 heterocycles. The fourth-order valence-corrected chi connectivity index (χ4v) is 2.69. The van der Waals surface area contributed by atoms with Crippen LogP contribution in [0.25, 0.3) is 0 Å². The lowest BCUT2D eigenvalue weighted by molar-refractivity contribution is 0.441. The van der Waals surface area contributed by atoms with Crippen LogP contribution in [0.3, 0.4) is 0 Å². The molecule has 2 nitrogen and oxygen atoms in total. The summed E-state index contributed by atoms with van der Waals surface area (Å²) < 4.78 is 0. The second kappa shape index (κ2) is 6.01. The summed E-state index contributed by atoms with van der Waals surface area (Å²) in [5, 5.41) is 3.52. The maximum Gasteiger partial charge on any atom is 0.0404 e. The Bertz CT molecular complexity index is 471. The van der Waals surface area contributed by atoms with E-state index in [0.29, 0.717) is 6.04 Å². The molecule has 2 heteroatoms. The van der Waals surface area contributed by atoms with Gasteiger partial charge in [-0.15, -0.1) is 0 Å². The van der Waals surface area contributed by atoms with Gasteiger partial charge in [-0.3, -0.25) is 0 Å². The lowest BCUT2D eigenvalue weighted by Gasteiger charge is -2.38. The fourth-order valence-electron chi connectivity index (χ4n) is 2.69. The molecule has 1 unspecified atom stereocenters. The maximum atomic E-state index is 4.26. The topological polar surface area (TPSA) is 15.3 Å². The van der Waals surface area contributed by atoms with Crippen molar-refractivity contribution < 1.29 is 0 Å². The zero-order chi connectivity index (χ0) is 14.8. The summed E-state index contributed by atoms with van der Waals surface area (Å²) in [6.45, 7) is 15.0. The lowest BCUT2D eigenvalue weighted by Crippen LogP contribution is -2.42. The molecule has 0 aliphatic carbocycles. The lowest BCUT2D eigenvalue weighted by atomic mass is 9.96. The van der Waals surface area contributed by atoms with Gasteiger partial charge >= 0.3 is 0 Å². The van der Waals surface area contributed by atoms with E-state index in [1.807, 2.05) is 0 Å². The molecule has 1 aliphatic heterocycles. The Hall–Kier alpha value is -1.28. The first-order valence-electron chi connectivity index (χ1n) is 7.63. The summed E-state index contributed by atoms with van der Waals surface area (Å²) >= 11 is 0. The number of rotatable bonds is 4. The molecular weight excluding hydrogens is 244 g/mol. The van der Waals surface area contributed by atoms with Gasteiger partial charge in [0.15, 0.2) is 0 Å². The van der Waals surface area contributed by atoms with E-state index in [1.165, 1.54) is 29.7 Å². The molecule has 110 valence electrons. The molecule has 1 aromatic carbocycles. The molecule has 1 atom stereocenters. The normalized spacial score (nSPS) is 18.8. The van der Waals surface area contributed by atoms with Crippen molar-refractivity contribution in [3.63, 3.8) is 0 Å². The molecule has 0 bridgehead atoms. The van der Waals surface area contributed by atoms with Crippen LogP contribution in [0.2, 0.25) is 0 Å². The van der Waals surface area contributed by atoms with Gasteiger partial charge in [-0.25, -0.2) is 0 Å². The predicted octanol–water partition coefficient (Wildman–Crippen LogP) is 3.77. The molecule has 1 aliphatic rings. The number of anilines is 1. The second-order valence-electron chi connectivity index (χ2n) is 7.00. The third-order valence-electron chi connectivity index (χ3n) is 3.93. The van der Waals surface area contributed by atoms with Gasteiger partial charge in [0.2, 0.25) is 0 Å². The van der Waals surface area contributed by atoms with E-state index in [1.54, 1.807) is 0 Å². The highest BCUT2D eigenvalue weighted by Gasteiger charge is 2.23. The summed E-state index contributed by atoms with van der Waals surface area (Å²) in [6, 6.07) is 9.37. The largest absolute Gasteiger partial charge is 0.365 e. The predicted molar refractivity (Wildman–Crippen MR) is 88.5 cm³/mol. The Kier molecular flexibility index (Phi) is 4.54. The van der Waals surface area contributed by atoms with Gasteiger partial charge in [-0.05, 0) is 57.7 Å². The third kappa shape index (κ3) is 3.86. The molecule has 0 radical (unpaired) electrons. The van der Waals surface area contributed by atoms with E-state index in [9.17, 15) is 0 Å². The van der Waals surface area contributed by atoms with Crippen molar-refractivity contribution in [3.05, 3.63) is 42.0 Å². The van der Waals surface area contributed by atoms with Crippen LogP contribution in [0.1, 0.15) is 39.7 Å². The Balaban J connectivity index is 2.03. The van der Waals surface area contributed by atoms with Crippen molar-refractivity contribution in [3.8, 4) is 0 Å². The van der Waals surface area contributed by atoms with E-state index < -0.39 is 0 Å². The van der Waals surface area contributed by atoms with Crippen LogP contribution in [0.15, 0.2) is 36.4 Å². The van der Waals surface area contributed by atoms with Gasteiger partial charge in [0, 0.05) is 30.4 Å². The number of hydrogen-bond acceptors (Lipinski definition) is 2. The van der Waals surface area contributed by atoms with Crippen LogP contribution in [0.5, 0.6) is 0 Å². The molecule has 2 rings (SSSR count). The molecule has 0 spiro atoms. The van der Waals surface area contributed by atoms with E-state index in [-0.39, 0.29) is 5.54 Å². The maximum absolute atomic E-state index is 4.26. The summed E-state index contributed by atoms with van der Waals surface area (Å²) in [5.74, 6) is 0. The highest BCUT2D eigenvalue weighted by Crippen LogP contribution is 2.30. The standard InChI is InChI=1S/C18H28N2/c1-14(12-19-18(3,4)5)13-20-15(2)10-11-16-8-6-7-9-17(16)20/h6-9,15,19H,1,10-13H2,2-5H3. The monoisotopic (exact) mass is 272 g/mol. The summed E-state index contributed by atoms with van der Waals surface area (Å²) in [7, 11) is 0. The second-order valence-corrected chi connectivity index (χ2v) is 7.00. The number of nitrogens with zero attached hydrogens (tertiary/aromatic N) is 1. The van der Waals surface area contributed by atoms with E-state index in [0.717, 1.165) is 13.1 Å². The zero-order valence-electron chi connectivity index (χ0n) is 13.4. The van der Waals surface area contributed by atoms with E-state index in [2.05, 4.69) is 68.8 Å². The number of benzene rings is 1. The molecular formula is C18H28N2. The Morgan fingerprint density at radius 3 is 2.75 bits per heavy atom. The van der Waals surface area contributed by atoms with Crippen molar-refractivity contribution in [1.29, 1.82) is 0 Å². The van der Waals surface area contributed by atoms with Crippen molar-refractivity contribution >= 4 is 5.69 Å². The number of fused-ring (bicyclic) bond motifs is 1. The van der Waals surface area contributed by atoms with Crippen LogP contribution in [0, 0.1) is 0 Å². The van der Waals surface area contributed by atoms with E-state index in [4.69, 9.17) is 0 Å². The molecule has 20 heavy (non-hydrogen) atoms. The van der Waals surface area contributed by atoms with Crippen LogP contribution < -0.4 is 10.2 Å². The first-order chi connectivity index (χ1) is 9.37. The summed E-state index contributed by atoms with van der Waals surface area (Å²) in [6.07, 6.45) is 2.43. The third-order valence-corrected chi connectivity index (χ3v) is 3.93. The number of hydrogen-bond donors (Lipinski definition) is 1. The summed E-state index contributed by atoms with van der Waals surface area (Å²) in [5.41, 5.74) is 4.27. The summed E-state index contributed by atoms with van der Waals surface area (Å²) in [4.78, 5) is 2.51. The van der Waals surface area contributed by atoms with Crippen molar-refractivity contribution in [1.82, 2.24) is 5.32 Å². The Labute approximate surface area is 123 Å². The number of aryl methyl sites for hydroxylation is 1. The Morgan fingerprint density at radius 1 is 1.35 bits per heavy atom. The molecule has 0 aromatic heterocycles. The Morgan fingerprint density at radius 2 is 2.05 bits per heavy atom. The van der Waals surface area contributed by atoms with Gasteiger partial charge in [0.1, 0.15) is 0 Å². The zero-order valence-corrected chi connectivity index (χ0v) is 13.4. The van der Waals surface area contributed by atoms with Crippen molar-refractivity contribution in [2.45, 2.75) is 52.1 Å². The van der Waals surface area contributed by atoms with Gasteiger partial charge in [0.25, 0.3) is 0 Å².